The van der Waals surface area contributed by atoms with Crippen molar-refractivity contribution in [3.05, 3.63) is 65.0 Å². The Balaban J connectivity index is 2.02. The molecule has 0 saturated heterocycles. The van der Waals surface area contributed by atoms with Gasteiger partial charge in [-0.3, -0.25) is 13.8 Å². The van der Waals surface area contributed by atoms with Crippen LogP contribution in [0.1, 0.15) is 22.5 Å². The number of ether oxygens (including phenoxy) is 1. The summed E-state index contributed by atoms with van der Waals surface area (Å²) in [6.45, 7) is 6.80. The van der Waals surface area contributed by atoms with Gasteiger partial charge in [0.2, 0.25) is 5.91 Å². The first-order valence-electron chi connectivity index (χ1n) is 10.1. The van der Waals surface area contributed by atoms with Gasteiger partial charge in [0.05, 0.1) is 24.2 Å². The number of anilines is 2. The Morgan fingerprint density at radius 2 is 1.75 bits per heavy atom. The van der Waals surface area contributed by atoms with Crippen molar-refractivity contribution in [3.8, 4) is 5.75 Å². The fourth-order valence-corrected chi connectivity index (χ4v) is 5.33. The Labute approximate surface area is 188 Å². The number of aromatic nitrogens is 2. The zero-order valence-corrected chi connectivity index (χ0v) is 19.9. The third-order valence-corrected chi connectivity index (χ3v) is 7.54. The second-order valence-corrected chi connectivity index (χ2v) is 9.43. The Bertz CT molecular complexity index is 1250. The van der Waals surface area contributed by atoms with Crippen molar-refractivity contribution in [2.75, 3.05) is 23.3 Å². The van der Waals surface area contributed by atoms with E-state index in [4.69, 9.17) is 4.74 Å². The summed E-state index contributed by atoms with van der Waals surface area (Å²) < 4.78 is 35.2. The zero-order valence-electron chi connectivity index (χ0n) is 19.1. The summed E-state index contributed by atoms with van der Waals surface area (Å²) in [5.41, 5.74) is 3.83. The van der Waals surface area contributed by atoms with Gasteiger partial charge in [0, 0.05) is 12.7 Å². The first-order valence-corrected chi connectivity index (χ1v) is 11.5. The molecule has 0 bridgehead atoms. The molecule has 170 valence electrons. The third kappa shape index (κ3) is 4.47. The van der Waals surface area contributed by atoms with E-state index in [1.54, 1.807) is 51.2 Å². The number of nitrogens with one attached hydrogen (secondary N) is 1. The van der Waals surface area contributed by atoms with Gasteiger partial charge in [-0.2, -0.15) is 5.10 Å². The molecule has 0 aliphatic rings. The molecule has 1 amide bonds. The van der Waals surface area contributed by atoms with E-state index in [1.807, 2.05) is 26.0 Å². The van der Waals surface area contributed by atoms with Gasteiger partial charge in [0.1, 0.15) is 17.2 Å². The van der Waals surface area contributed by atoms with Gasteiger partial charge in [-0.1, -0.05) is 12.1 Å². The Morgan fingerprint density at radius 3 is 2.31 bits per heavy atom. The molecule has 32 heavy (non-hydrogen) atoms. The molecular formula is C23H28N4O4S. The van der Waals surface area contributed by atoms with Crippen molar-refractivity contribution in [2.45, 2.75) is 32.6 Å². The van der Waals surface area contributed by atoms with E-state index in [1.165, 1.54) is 11.8 Å². The van der Waals surface area contributed by atoms with Crippen molar-refractivity contribution in [1.82, 2.24) is 9.78 Å². The maximum atomic E-state index is 13.7. The fraction of sp³-hybridized carbons (Fsp3) is 0.304. The number of methoxy groups -OCH3 is 1. The van der Waals surface area contributed by atoms with E-state index in [-0.39, 0.29) is 4.90 Å². The summed E-state index contributed by atoms with van der Waals surface area (Å²) in [5.74, 6) is 0.136. The van der Waals surface area contributed by atoms with Crippen molar-refractivity contribution >= 4 is 27.3 Å². The molecule has 8 nitrogen and oxygen atoms in total. The van der Waals surface area contributed by atoms with Gasteiger partial charge < -0.3 is 10.1 Å². The molecule has 2 aromatic carbocycles. The number of carbonyl (C=O) groups excluding carboxylic acids is 1. The van der Waals surface area contributed by atoms with E-state index in [2.05, 4.69) is 10.4 Å². The van der Waals surface area contributed by atoms with Gasteiger partial charge in [0.15, 0.2) is 0 Å². The van der Waals surface area contributed by atoms with Gasteiger partial charge in [-0.15, -0.1) is 0 Å². The van der Waals surface area contributed by atoms with Crippen LogP contribution in [0.4, 0.5) is 11.4 Å². The lowest BCUT2D eigenvalue weighted by atomic mass is 10.1. The molecule has 0 aliphatic heterocycles. The van der Waals surface area contributed by atoms with Crippen LogP contribution in [0.3, 0.4) is 0 Å². The van der Waals surface area contributed by atoms with E-state index in [0.29, 0.717) is 28.5 Å². The van der Waals surface area contributed by atoms with Crippen LogP contribution in [0.15, 0.2) is 47.4 Å². The molecule has 0 saturated carbocycles. The fourth-order valence-electron chi connectivity index (χ4n) is 3.51. The number of hydrogen-bond acceptors (Lipinski definition) is 5. The molecule has 0 spiro atoms. The normalized spacial score (nSPS) is 11.3. The lowest BCUT2D eigenvalue weighted by Gasteiger charge is -2.24. The van der Waals surface area contributed by atoms with Crippen LogP contribution in [0, 0.1) is 27.7 Å². The molecule has 1 aromatic heterocycles. The van der Waals surface area contributed by atoms with Crippen LogP contribution in [-0.2, 0) is 21.9 Å². The number of hydrogen-bond donors (Lipinski definition) is 1. The summed E-state index contributed by atoms with van der Waals surface area (Å²) in [7, 11) is -0.853. The standard InChI is InChI=1S/C23H28N4O4S/c1-15-8-7-9-21(16(15)2)24-22(28)14-27(19-10-12-20(31-6)13-11-19)32(29,30)23-17(3)25-26(5)18(23)4/h7-13H,14H2,1-6H3,(H,24,28). The zero-order chi connectivity index (χ0) is 23.6. The van der Waals surface area contributed by atoms with Crippen LogP contribution in [0.2, 0.25) is 0 Å². The van der Waals surface area contributed by atoms with Gasteiger partial charge >= 0.3 is 0 Å². The van der Waals surface area contributed by atoms with E-state index in [0.717, 1.165) is 15.4 Å². The summed E-state index contributed by atoms with van der Waals surface area (Å²) in [6.07, 6.45) is 0. The SMILES string of the molecule is COc1ccc(N(CC(=O)Nc2cccc(C)c2C)S(=O)(=O)c2c(C)nn(C)c2C)cc1. The molecule has 0 atom stereocenters. The average Bonchev–Trinajstić information content (AvgIpc) is 3.01. The lowest BCUT2D eigenvalue weighted by Crippen LogP contribution is -2.38. The smallest absolute Gasteiger partial charge is 0.268 e. The molecule has 0 radical (unpaired) electrons. The summed E-state index contributed by atoms with van der Waals surface area (Å²) in [6, 6.07) is 12.1. The minimum absolute atomic E-state index is 0.0929. The maximum absolute atomic E-state index is 13.7. The van der Waals surface area contributed by atoms with E-state index >= 15 is 0 Å². The molecule has 3 rings (SSSR count). The highest BCUT2D eigenvalue weighted by molar-refractivity contribution is 7.93. The molecule has 3 aromatic rings. The highest BCUT2D eigenvalue weighted by Crippen LogP contribution is 2.29. The number of carbonyl (C=O) groups is 1. The van der Waals surface area contributed by atoms with Gasteiger partial charge in [-0.05, 0) is 69.2 Å². The Kier molecular flexibility index (Phi) is 6.59. The Hall–Kier alpha value is -3.33. The van der Waals surface area contributed by atoms with Crippen molar-refractivity contribution < 1.29 is 17.9 Å². The highest BCUT2D eigenvalue weighted by Gasteiger charge is 2.32. The molecule has 1 N–H and O–H groups in total. The predicted octanol–water partition coefficient (Wildman–Crippen LogP) is 3.50. The predicted molar refractivity (Wildman–Crippen MR) is 125 cm³/mol. The molecule has 0 unspecified atom stereocenters. The van der Waals surface area contributed by atoms with E-state index in [9.17, 15) is 13.2 Å². The molecule has 0 fully saturated rings. The van der Waals surface area contributed by atoms with Crippen molar-refractivity contribution in [1.29, 1.82) is 0 Å². The Morgan fingerprint density at radius 1 is 1.09 bits per heavy atom. The minimum Gasteiger partial charge on any atom is -0.497 e. The molecule has 0 aliphatic carbocycles. The van der Waals surface area contributed by atoms with E-state index < -0.39 is 22.5 Å². The van der Waals surface area contributed by atoms with Crippen molar-refractivity contribution in [2.24, 2.45) is 7.05 Å². The number of amides is 1. The van der Waals surface area contributed by atoms with Gasteiger partial charge in [0.25, 0.3) is 10.0 Å². The maximum Gasteiger partial charge on any atom is 0.268 e. The number of sulfonamides is 1. The first-order chi connectivity index (χ1) is 15.1. The average molecular weight is 457 g/mol. The highest BCUT2D eigenvalue weighted by atomic mass is 32.2. The molecule has 1 heterocycles. The monoisotopic (exact) mass is 456 g/mol. The number of nitrogens with zero attached hydrogens (tertiary/aromatic N) is 3. The second-order valence-electron chi connectivity index (χ2n) is 7.63. The quantitative estimate of drug-likeness (QED) is 0.587. The largest absolute Gasteiger partial charge is 0.497 e. The number of benzene rings is 2. The molecular weight excluding hydrogens is 428 g/mol. The van der Waals surface area contributed by atoms with Crippen molar-refractivity contribution in [3.63, 3.8) is 0 Å². The van der Waals surface area contributed by atoms with Crippen LogP contribution >= 0.6 is 0 Å². The summed E-state index contributed by atoms with van der Waals surface area (Å²) >= 11 is 0. The van der Waals surface area contributed by atoms with Crippen LogP contribution < -0.4 is 14.4 Å². The van der Waals surface area contributed by atoms with Crippen LogP contribution in [-0.4, -0.2) is 37.8 Å². The number of aryl methyl sites for hydroxylation is 3. The molecule has 9 heteroatoms. The summed E-state index contributed by atoms with van der Waals surface area (Å²) in [5, 5.41) is 7.08. The first kappa shape index (κ1) is 23.3. The van der Waals surface area contributed by atoms with Crippen LogP contribution in [0.5, 0.6) is 5.75 Å². The van der Waals surface area contributed by atoms with Crippen LogP contribution in [0.25, 0.3) is 0 Å². The second kappa shape index (κ2) is 9.04. The third-order valence-electron chi connectivity index (χ3n) is 5.52. The minimum atomic E-state index is -4.07. The lowest BCUT2D eigenvalue weighted by molar-refractivity contribution is -0.114. The topological polar surface area (TPSA) is 93.5 Å². The number of rotatable bonds is 7. The summed E-state index contributed by atoms with van der Waals surface area (Å²) in [4.78, 5) is 13.1. The van der Waals surface area contributed by atoms with Gasteiger partial charge in [-0.25, -0.2) is 8.42 Å².